The van der Waals surface area contributed by atoms with Crippen LogP contribution in [-0.2, 0) is 0 Å². The third kappa shape index (κ3) is 7.76. The van der Waals surface area contributed by atoms with Crippen LogP contribution in [0.15, 0.2) is 291 Å². The summed E-state index contributed by atoms with van der Waals surface area (Å²) in [5, 5.41) is 7.33. The first-order valence-electron chi connectivity index (χ1n) is 27.5. The van der Waals surface area contributed by atoms with E-state index in [9.17, 15) is 0 Å². The second-order valence-electron chi connectivity index (χ2n) is 20.8. The Morgan fingerprint density at radius 1 is 0.198 bits per heavy atom. The van der Waals surface area contributed by atoms with E-state index in [1.54, 1.807) is 0 Å². The van der Waals surface area contributed by atoms with Crippen LogP contribution in [0.1, 0.15) is 0 Å². The molecule has 0 aliphatic heterocycles. The highest BCUT2D eigenvalue weighted by Gasteiger charge is 2.21. The number of nitrogens with zero attached hydrogens (tertiary/aromatic N) is 6. The van der Waals surface area contributed by atoms with Crippen molar-refractivity contribution in [3.63, 3.8) is 0 Å². The zero-order chi connectivity index (χ0) is 53.4. The molecule has 0 saturated heterocycles. The summed E-state index contributed by atoms with van der Waals surface area (Å²) in [5.41, 5.74) is 19.8. The molecule has 0 atom stereocenters. The number of rotatable bonds is 9. The number of aromatic nitrogens is 6. The van der Waals surface area contributed by atoms with Crippen molar-refractivity contribution < 1.29 is 0 Å². The second-order valence-corrected chi connectivity index (χ2v) is 20.8. The van der Waals surface area contributed by atoms with Gasteiger partial charge in [-0.05, 0) is 119 Å². The highest BCUT2D eigenvalue weighted by molar-refractivity contribution is 6.13. The molecule has 0 radical (unpaired) electrons. The Bertz CT molecular complexity index is 5000. The Morgan fingerprint density at radius 3 is 1.11 bits per heavy atom. The lowest BCUT2D eigenvalue weighted by Gasteiger charge is -2.17. The van der Waals surface area contributed by atoms with Crippen molar-refractivity contribution >= 4 is 65.4 Å². The van der Waals surface area contributed by atoms with Gasteiger partial charge in [0.1, 0.15) is 0 Å². The first-order valence-corrected chi connectivity index (χ1v) is 27.5. The van der Waals surface area contributed by atoms with Gasteiger partial charge in [0.05, 0.1) is 38.8 Å². The van der Waals surface area contributed by atoms with Gasteiger partial charge in [0.25, 0.3) is 0 Å². The van der Waals surface area contributed by atoms with Crippen molar-refractivity contribution in [2.75, 3.05) is 0 Å². The van der Waals surface area contributed by atoms with Crippen LogP contribution in [0, 0.1) is 0 Å². The molecule has 0 saturated carbocycles. The average molecular weight is 1030 g/mol. The van der Waals surface area contributed by atoms with Gasteiger partial charge < -0.3 is 13.7 Å². The number of fused-ring (bicyclic) bond motifs is 9. The molecular weight excluding hydrogens is 985 g/mol. The Balaban J connectivity index is 0.847. The summed E-state index contributed by atoms with van der Waals surface area (Å²) < 4.78 is 7.25. The summed E-state index contributed by atoms with van der Waals surface area (Å²) in [6, 6.07) is 105. The molecule has 0 bridgehead atoms. The Morgan fingerprint density at radius 2 is 0.556 bits per heavy atom. The third-order valence-electron chi connectivity index (χ3n) is 16.1. The normalized spacial score (nSPS) is 11.7. The predicted molar refractivity (Wildman–Crippen MR) is 335 cm³/mol. The molecule has 16 aromatic rings. The van der Waals surface area contributed by atoms with Gasteiger partial charge in [0.2, 0.25) is 0 Å². The molecule has 16 rings (SSSR count). The molecule has 0 spiro atoms. The zero-order valence-electron chi connectivity index (χ0n) is 43.9. The fraction of sp³-hybridized carbons (Fsp3) is 0. The second kappa shape index (κ2) is 18.9. The van der Waals surface area contributed by atoms with E-state index < -0.39 is 0 Å². The molecule has 0 fully saturated rings. The van der Waals surface area contributed by atoms with Crippen molar-refractivity contribution in [2.45, 2.75) is 0 Å². The number of hydrogen-bond donors (Lipinski definition) is 0. The van der Waals surface area contributed by atoms with Gasteiger partial charge in [-0.25, -0.2) is 15.0 Å². The zero-order valence-corrected chi connectivity index (χ0v) is 43.9. The summed E-state index contributed by atoms with van der Waals surface area (Å²) in [4.78, 5) is 15.2. The average Bonchev–Trinajstić information content (AvgIpc) is 4.21. The van der Waals surface area contributed by atoms with Crippen LogP contribution in [0.25, 0.3) is 150 Å². The van der Waals surface area contributed by atoms with E-state index in [-0.39, 0.29) is 0 Å². The fourth-order valence-electron chi connectivity index (χ4n) is 12.4. The maximum absolute atomic E-state index is 5.10. The van der Waals surface area contributed by atoms with E-state index in [1.807, 2.05) is 60.7 Å². The molecular formula is C75H48N6. The lowest BCUT2D eigenvalue weighted by Crippen LogP contribution is -2.00. The first kappa shape index (κ1) is 46.2. The molecule has 0 aliphatic rings. The van der Waals surface area contributed by atoms with Crippen LogP contribution in [0.2, 0.25) is 0 Å². The lowest BCUT2D eigenvalue weighted by atomic mass is 9.95. The molecule has 81 heavy (non-hydrogen) atoms. The van der Waals surface area contributed by atoms with Gasteiger partial charge >= 0.3 is 0 Å². The molecule has 0 N–H and O–H groups in total. The van der Waals surface area contributed by atoms with Gasteiger partial charge in [-0.2, -0.15) is 0 Å². The van der Waals surface area contributed by atoms with E-state index >= 15 is 0 Å². The molecule has 6 nitrogen and oxygen atoms in total. The maximum Gasteiger partial charge on any atom is 0.164 e. The molecule has 0 aliphatic carbocycles. The highest BCUT2D eigenvalue weighted by atomic mass is 15.0. The van der Waals surface area contributed by atoms with E-state index in [2.05, 4.69) is 244 Å². The maximum atomic E-state index is 5.10. The van der Waals surface area contributed by atoms with E-state index in [0.717, 1.165) is 78.1 Å². The Kier molecular flexibility index (Phi) is 10.8. The van der Waals surface area contributed by atoms with Crippen molar-refractivity contribution in [3.05, 3.63) is 291 Å². The van der Waals surface area contributed by atoms with E-state index in [4.69, 9.17) is 15.0 Å². The van der Waals surface area contributed by atoms with Gasteiger partial charge in [-0.1, -0.05) is 200 Å². The van der Waals surface area contributed by atoms with E-state index in [0.29, 0.717) is 17.5 Å². The van der Waals surface area contributed by atoms with Crippen LogP contribution >= 0.6 is 0 Å². The van der Waals surface area contributed by atoms with Crippen molar-refractivity contribution in [2.24, 2.45) is 0 Å². The Labute approximate surface area is 467 Å². The highest BCUT2D eigenvalue weighted by Crippen LogP contribution is 2.42. The molecule has 4 heterocycles. The SMILES string of the molecule is c1ccc(-c2nc(-c3ccccc3)nc(-c3cccc(-c4ccc(-n5c6ccccc6c6ccccc65)c(-c5cccc(-n6c7ccccc7c7cc(-c8ccc9c(c8)c8ccccc8n9-c8ccccc8)ccc76)c5)c4)c3)n2)cc1. The predicted octanol–water partition coefficient (Wildman–Crippen LogP) is 19.2. The standard InChI is InChI=1S/C75H48N6/c1-4-20-49(21-5-1)73-76-74(50-22-6-2-7-23-50)78-75(77-73)56-26-18-24-51(44-56)52-38-41-70(81-68-36-16-10-30-59(68)60-31-11-17-37-69(60)81)63(46-52)55-25-19-29-58(45-55)80-67-35-15-13-33-62(67)65-48-54(40-43-72(65)80)53-39-42-71-64(47-53)61-32-12-14-34-66(61)79(71)57-27-8-3-9-28-57/h1-48H. The topological polar surface area (TPSA) is 53.5 Å². The number of benzene rings is 12. The summed E-state index contributed by atoms with van der Waals surface area (Å²) in [6.45, 7) is 0. The lowest BCUT2D eigenvalue weighted by molar-refractivity contribution is 1.07. The van der Waals surface area contributed by atoms with Crippen LogP contribution in [0.4, 0.5) is 0 Å². The molecule has 378 valence electrons. The smallest absolute Gasteiger partial charge is 0.164 e. The molecule has 12 aromatic carbocycles. The minimum absolute atomic E-state index is 0.617. The van der Waals surface area contributed by atoms with Crippen LogP contribution in [-0.4, -0.2) is 28.7 Å². The van der Waals surface area contributed by atoms with E-state index in [1.165, 1.54) is 54.5 Å². The summed E-state index contributed by atoms with van der Waals surface area (Å²) >= 11 is 0. The monoisotopic (exact) mass is 1030 g/mol. The fourth-order valence-corrected chi connectivity index (χ4v) is 12.4. The van der Waals surface area contributed by atoms with Gasteiger partial charge in [0, 0.05) is 65.9 Å². The summed E-state index contributed by atoms with van der Waals surface area (Å²) in [7, 11) is 0. The first-order chi connectivity index (χ1) is 40.2. The molecule has 0 unspecified atom stereocenters. The summed E-state index contributed by atoms with van der Waals surface area (Å²) in [6.07, 6.45) is 0. The van der Waals surface area contributed by atoms with Gasteiger partial charge in [-0.3, -0.25) is 0 Å². The van der Waals surface area contributed by atoms with Crippen LogP contribution in [0.3, 0.4) is 0 Å². The number of para-hydroxylation sites is 5. The minimum atomic E-state index is 0.617. The van der Waals surface area contributed by atoms with Crippen LogP contribution in [0.5, 0.6) is 0 Å². The number of hydrogen-bond acceptors (Lipinski definition) is 3. The summed E-state index contributed by atoms with van der Waals surface area (Å²) in [5.74, 6) is 1.88. The van der Waals surface area contributed by atoms with Gasteiger partial charge in [0.15, 0.2) is 17.5 Å². The minimum Gasteiger partial charge on any atom is -0.309 e. The van der Waals surface area contributed by atoms with Crippen molar-refractivity contribution in [3.8, 4) is 84.6 Å². The van der Waals surface area contributed by atoms with Gasteiger partial charge in [-0.15, -0.1) is 0 Å². The molecule has 0 amide bonds. The largest absolute Gasteiger partial charge is 0.309 e. The quantitative estimate of drug-likeness (QED) is 0.145. The third-order valence-corrected chi connectivity index (χ3v) is 16.1. The van der Waals surface area contributed by atoms with Crippen LogP contribution < -0.4 is 0 Å². The molecule has 4 aromatic heterocycles. The molecule has 6 heteroatoms. The van der Waals surface area contributed by atoms with Crippen molar-refractivity contribution in [1.82, 2.24) is 28.7 Å². The Hall–Kier alpha value is -11.0. The van der Waals surface area contributed by atoms with Crippen molar-refractivity contribution in [1.29, 1.82) is 0 Å².